The Kier molecular flexibility index (Phi) is 23.4. The number of carbonyl (C=O) groups excluding carboxylic acids is 10. The summed E-state index contributed by atoms with van der Waals surface area (Å²) in [4.78, 5) is 175. The van der Waals surface area contributed by atoms with Gasteiger partial charge in [-0.15, -0.1) is 0 Å². The molecule has 0 bridgehead atoms. The van der Waals surface area contributed by atoms with Crippen LogP contribution in [0.3, 0.4) is 0 Å². The number of fused-ring (bicyclic) bond motifs is 2. The van der Waals surface area contributed by atoms with Crippen molar-refractivity contribution in [2.24, 2.45) is 5.73 Å². The van der Waals surface area contributed by atoms with Gasteiger partial charge in [-0.05, 0) is 86.0 Å². The number of unbranched alkanes of at least 4 members (excludes halogenated alkanes) is 1. The molecule has 0 spiro atoms. The zero-order chi connectivity index (χ0) is 67.5. The first kappa shape index (κ1) is 68.4. The van der Waals surface area contributed by atoms with E-state index in [9.17, 15) is 63.3 Å². The van der Waals surface area contributed by atoms with Gasteiger partial charge in [0, 0.05) is 103 Å². The lowest BCUT2D eigenvalue weighted by atomic mass is 10.0. The van der Waals surface area contributed by atoms with Crippen molar-refractivity contribution in [3.8, 4) is 5.75 Å². The fourth-order valence-electron chi connectivity index (χ4n) is 11.6. The number of hydrogen-bond acceptors (Lipinski definition) is 16. The molecule has 2 aliphatic rings. The summed E-state index contributed by atoms with van der Waals surface area (Å²) in [5.74, 6) is -9.22. The largest absolute Gasteiger partial charge is 0.508 e. The van der Waals surface area contributed by atoms with Gasteiger partial charge in [0.1, 0.15) is 66.7 Å². The molecule has 3 aromatic carbocycles. The predicted molar refractivity (Wildman–Crippen MR) is 340 cm³/mol. The quantitative estimate of drug-likeness (QED) is 0.0204. The van der Waals surface area contributed by atoms with E-state index in [1.165, 1.54) is 42.1 Å². The normalized spacial score (nSPS) is 16.7. The number of carboxylic acids is 1. The van der Waals surface area contributed by atoms with Crippen LogP contribution in [0.2, 0.25) is 0 Å². The number of likely N-dealkylation sites (tertiary alicyclic amines) is 1. The molecule has 4 aromatic heterocycles. The van der Waals surface area contributed by atoms with E-state index < -0.39 is 127 Å². The molecule has 6 heterocycles. The molecule has 2 saturated heterocycles. The van der Waals surface area contributed by atoms with Crippen LogP contribution in [-0.2, 0) is 84.8 Å². The first-order valence-corrected chi connectivity index (χ1v) is 31.2. The predicted octanol–water partition coefficient (Wildman–Crippen LogP) is -1.70. The van der Waals surface area contributed by atoms with Gasteiger partial charge in [0.05, 0.1) is 19.3 Å². The zero-order valence-electron chi connectivity index (χ0n) is 51.7. The Morgan fingerprint density at radius 1 is 0.579 bits per heavy atom. The Bertz CT molecular complexity index is 3850. The average Bonchev–Trinajstić information content (AvgIpc) is 2.19. The van der Waals surface area contributed by atoms with Crippen LogP contribution in [0, 0.1) is 0 Å². The number of aliphatic carboxylic acids is 1. The first-order chi connectivity index (χ1) is 45.8. The molecule has 502 valence electrons. The van der Waals surface area contributed by atoms with Crippen LogP contribution in [-0.4, -0.2) is 196 Å². The minimum atomic E-state index is -1.78. The molecule has 9 rings (SSSR count). The third kappa shape index (κ3) is 18.4. The van der Waals surface area contributed by atoms with E-state index >= 15 is 4.79 Å². The van der Waals surface area contributed by atoms with Crippen molar-refractivity contribution in [3.63, 3.8) is 0 Å². The van der Waals surface area contributed by atoms with Crippen LogP contribution in [0.5, 0.6) is 5.75 Å². The van der Waals surface area contributed by atoms with Gasteiger partial charge in [0.2, 0.25) is 59.1 Å². The number of nitrogens with one attached hydrogen (secondary N) is 13. The van der Waals surface area contributed by atoms with E-state index in [1.54, 1.807) is 67.0 Å². The molecule has 0 unspecified atom stereocenters. The highest BCUT2D eigenvalue weighted by atomic mass is 16.4. The first-order valence-electron chi connectivity index (χ1n) is 31.2. The summed E-state index contributed by atoms with van der Waals surface area (Å²) < 4.78 is 0. The van der Waals surface area contributed by atoms with Crippen molar-refractivity contribution in [2.75, 3.05) is 26.2 Å². The number of nitrogens with zero attached hydrogens (tertiary/aromatic N) is 3. The summed E-state index contributed by atoms with van der Waals surface area (Å²) in [6.07, 6.45) is 9.44. The van der Waals surface area contributed by atoms with Crippen molar-refractivity contribution in [1.82, 2.24) is 82.7 Å². The van der Waals surface area contributed by atoms with Gasteiger partial charge in [-0.1, -0.05) is 48.5 Å². The summed E-state index contributed by atoms with van der Waals surface area (Å²) in [6.45, 7) is -1.42. The number of aliphatic hydroxyl groups is 1. The molecule has 2 aliphatic heterocycles. The fraction of sp³-hybridized carbons (Fsp3) is 0.391. The molecule has 31 nitrogen and oxygen atoms in total. The molecule has 0 radical (unpaired) electrons. The van der Waals surface area contributed by atoms with E-state index in [4.69, 9.17) is 5.73 Å². The number of hydrogen-bond donors (Lipinski definition) is 17. The molecule has 31 heteroatoms. The molecule has 0 aliphatic carbocycles. The minimum absolute atomic E-state index is 0.0500. The van der Waals surface area contributed by atoms with Crippen LogP contribution < -0.4 is 53.6 Å². The van der Waals surface area contributed by atoms with E-state index in [2.05, 4.69) is 77.8 Å². The van der Waals surface area contributed by atoms with Crippen molar-refractivity contribution in [1.29, 1.82) is 0 Å². The van der Waals surface area contributed by atoms with E-state index in [0.717, 1.165) is 0 Å². The van der Waals surface area contributed by atoms with Crippen molar-refractivity contribution < 1.29 is 68.1 Å². The number of H-pyrrole nitrogens is 4. The Hall–Kier alpha value is -11.0. The maximum Gasteiger partial charge on any atom is 0.322 e. The Balaban J connectivity index is 0.953. The van der Waals surface area contributed by atoms with Gasteiger partial charge in [0.15, 0.2) is 0 Å². The SMILES string of the molecule is NCCCC[C@@H](NC(=O)[C@H](Cc1cnc[nH]1)NC(=O)[C@H](CO)NC(=O)[C@H](Cc1c[nH]c2ccccc12)NC(=O)[C@H](Cc1cnc[nH]1)NC(=O)[C@@H]1CCC(=O)N1)C(=O)N[C@@H](Cc1c[nH]c2ccccc12)C(=O)N[C@@H](Cc1ccc(O)cc1)C(=O)N1CCC[C@H]1C(=O)NCC(=O)O. The number of phenolic OH excluding ortho intramolecular Hbond substituents is 1. The number of carbonyl (C=O) groups is 11. The molecule has 10 amide bonds. The zero-order valence-corrected chi connectivity index (χ0v) is 51.7. The number of rotatable bonds is 33. The number of imidazole rings is 2. The summed E-state index contributed by atoms with van der Waals surface area (Å²) in [6, 6.07) is 7.84. The van der Waals surface area contributed by atoms with Crippen molar-refractivity contribution >= 4 is 86.8 Å². The average molecular weight is 1310 g/mol. The third-order valence-corrected chi connectivity index (χ3v) is 16.6. The third-order valence-electron chi connectivity index (χ3n) is 16.6. The highest BCUT2D eigenvalue weighted by molar-refractivity contribution is 6.00. The van der Waals surface area contributed by atoms with Gasteiger partial charge in [-0.25, -0.2) is 9.97 Å². The highest BCUT2D eigenvalue weighted by Gasteiger charge is 2.40. The van der Waals surface area contributed by atoms with Crippen molar-refractivity contribution in [3.05, 3.63) is 138 Å². The highest BCUT2D eigenvalue weighted by Crippen LogP contribution is 2.24. The van der Waals surface area contributed by atoms with Gasteiger partial charge in [-0.3, -0.25) is 52.7 Å². The molecule has 95 heavy (non-hydrogen) atoms. The number of aromatic amines is 4. The molecule has 2 fully saturated rings. The van der Waals surface area contributed by atoms with Crippen LogP contribution in [0.25, 0.3) is 21.8 Å². The van der Waals surface area contributed by atoms with Gasteiger partial charge in [0.25, 0.3) is 0 Å². The van der Waals surface area contributed by atoms with Gasteiger partial charge in [-0.2, -0.15) is 0 Å². The summed E-state index contributed by atoms with van der Waals surface area (Å²) in [5.41, 5.74) is 9.75. The number of para-hydroxylation sites is 2. The van der Waals surface area contributed by atoms with Crippen molar-refractivity contribution in [2.45, 2.75) is 131 Å². The number of aromatic nitrogens is 6. The number of aliphatic hydroxyl groups excluding tert-OH is 1. The van der Waals surface area contributed by atoms with E-state index in [0.29, 0.717) is 62.7 Å². The summed E-state index contributed by atoms with van der Waals surface area (Å²) in [7, 11) is 0. The number of nitrogens with two attached hydrogens (primary N) is 1. The number of phenols is 1. The van der Waals surface area contributed by atoms with Crippen LogP contribution in [0.4, 0.5) is 0 Å². The van der Waals surface area contributed by atoms with E-state index in [-0.39, 0.29) is 89.0 Å². The Morgan fingerprint density at radius 3 is 1.60 bits per heavy atom. The van der Waals surface area contributed by atoms with Crippen LogP contribution in [0.1, 0.15) is 73.0 Å². The molecular formula is C64H77N17O14. The summed E-state index contributed by atoms with van der Waals surface area (Å²) >= 11 is 0. The summed E-state index contributed by atoms with van der Waals surface area (Å²) in [5, 5.41) is 55.4. The fourth-order valence-corrected chi connectivity index (χ4v) is 11.6. The maximum absolute atomic E-state index is 15.0. The van der Waals surface area contributed by atoms with Gasteiger partial charge < -0.3 is 93.7 Å². The minimum Gasteiger partial charge on any atom is -0.508 e. The lowest BCUT2D eigenvalue weighted by Crippen LogP contribution is -2.61. The van der Waals surface area contributed by atoms with Gasteiger partial charge >= 0.3 is 5.97 Å². The number of benzene rings is 3. The molecule has 7 aromatic rings. The Morgan fingerprint density at radius 2 is 1.08 bits per heavy atom. The second kappa shape index (κ2) is 32.6. The Labute approximate surface area is 543 Å². The second-order valence-electron chi connectivity index (χ2n) is 23.4. The van der Waals surface area contributed by atoms with Crippen LogP contribution >= 0.6 is 0 Å². The van der Waals surface area contributed by atoms with Crippen LogP contribution in [0.15, 0.2) is 110 Å². The molecular weight excluding hydrogens is 1230 g/mol. The monoisotopic (exact) mass is 1310 g/mol. The second-order valence-corrected chi connectivity index (χ2v) is 23.4. The number of aromatic hydroxyl groups is 1. The molecule has 9 atom stereocenters. The van der Waals surface area contributed by atoms with E-state index in [1.807, 2.05) is 6.07 Å². The lowest BCUT2D eigenvalue weighted by Gasteiger charge is -2.30. The standard InChI is InChI=1S/C64H77N17O14/c65-20-6-5-12-45(56(87)75-47(23-36-27-68-43-10-3-1-8-41(36)43)58(89)79-51(22-35-14-16-40(83)17-15-35)64(95)81-21-7-13-53(81)63(94)70-31-55(85)86)74-60(91)49(25-38-29-66-33-71-38)78-62(93)52(32-82)80-59(90)48(24-37-28-69-44-11-4-2-9-42(37)44)76-61(92)50(26-39-30-67-34-72-39)77-57(88)46-18-19-54(84)73-46/h1-4,8-11,14-17,27-30,33-34,45-53,68-69,82-83H,5-7,12-13,18-26,31-32,65H2,(H,66,71)(H,67,72)(H,70,94)(H,73,84)(H,74,91)(H,75,87)(H,76,92)(H,77,88)(H,78,93)(H,79,89)(H,80,90)(H,85,86)/t45-,46+,47+,48+,49+,50+,51+,52+,53+/m1/s1. The number of amides is 10. The molecule has 18 N–H and O–H groups in total. The number of carboxylic acid groups (broad SMARTS) is 1. The molecule has 0 saturated carbocycles. The smallest absolute Gasteiger partial charge is 0.322 e. The maximum atomic E-state index is 15.0. The lowest BCUT2D eigenvalue weighted by molar-refractivity contribution is -0.143. The topological polar surface area (TPSA) is 475 Å².